The minimum atomic E-state index is -0.691. The van der Waals surface area contributed by atoms with Gasteiger partial charge in [-0.2, -0.15) is 0 Å². The van der Waals surface area contributed by atoms with Crippen molar-refractivity contribution in [2.75, 3.05) is 14.2 Å². The van der Waals surface area contributed by atoms with E-state index in [1.807, 2.05) is 37.3 Å². The highest BCUT2D eigenvalue weighted by Gasteiger charge is 2.33. The van der Waals surface area contributed by atoms with Gasteiger partial charge in [-0.25, -0.2) is 14.2 Å². The SMILES string of the molecule is CCC1=C(C(=O)OC)[C@@H](c2ccccc2)n2c(s/c(=C/c3cccc(OC)c3OCc3ccccc3F)c2=O)=N1. The Balaban J connectivity index is 1.66. The summed E-state index contributed by atoms with van der Waals surface area (Å²) in [5.41, 5.74) is 2.35. The number of para-hydroxylation sites is 1. The lowest BCUT2D eigenvalue weighted by Gasteiger charge is -2.25. The van der Waals surface area contributed by atoms with Crippen LogP contribution in [-0.2, 0) is 16.1 Å². The van der Waals surface area contributed by atoms with Crippen molar-refractivity contribution in [1.82, 2.24) is 4.57 Å². The van der Waals surface area contributed by atoms with Gasteiger partial charge in [0.1, 0.15) is 12.4 Å². The number of carbonyl (C=O) groups is 1. The van der Waals surface area contributed by atoms with Crippen LogP contribution in [0.1, 0.15) is 36.1 Å². The first-order valence-corrected chi connectivity index (χ1v) is 13.5. The summed E-state index contributed by atoms with van der Waals surface area (Å²) in [4.78, 5) is 32.1. The molecule has 1 aliphatic heterocycles. The van der Waals surface area contributed by atoms with E-state index in [4.69, 9.17) is 19.2 Å². The summed E-state index contributed by atoms with van der Waals surface area (Å²) < 4.78 is 32.8. The first kappa shape index (κ1) is 27.1. The number of halogens is 1. The topological polar surface area (TPSA) is 79.1 Å². The van der Waals surface area contributed by atoms with Gasteiger partial charge in [-0.15, -0.1) is 0 Å². The Morgan fingerprint density at radius 2 is 1.80 bits per heavy atom. The zero-order valence-electron chi connectivity index (χ0n) is 22.2. The van der Waals surface area contributed by atoms with Gasteiger partial charge in [-0.05, 0) is 30.2 Å². The fourth-order valence-corrected chi connectivity index (χ4v) is 5.69. The second-order valence-corrected chi connectivity index (χ2v) is 9.97. The predicted molar refractivity (Wildman–Crippen MR) is 151 cm³/mol. The molecule has 0 unspecified atom stereocenters. The number of rotatable bonds is 8. The number of ether oxygens (including phenoxy) is 3. The van der Waals surface area contributed by atoms with Gasteiger partial charge in [0.2, 0.25) is 0 Å². The number of hydrogen-bond donors (Lipinski definition) is 0. The summed E-state index contributed by atoms with van der Waals surface area (Å²) >= 11 is 1.22. The molecule has 0 amide bonds. The van der Waals surface area contributed by atoms with E-state index in [1.54, 1.807) is 42.5 Å². The molecule has 0 aliphatic carbocycles. The molecule has 0 N–H and O–H groups in total. The third-order valence-corrected chi connectivity index (χ3v) is 7.59. The highest BCUT2D eigenvalue weighted by Crippen LogP contribution is 2.33. The summed E-state index contributed by atoms with van der Waals surface area (Å²) in [5, 5.41) is 0. The van der Waals surface area contributed by atoms with Crippen molar-refractivity contribution < 1.29 is 23.4 Å². The van der Waals surface area contributed by atoms with Gasteiger partial charge in [-0.1, -0.05) is 78.9 Å². The molecule has 3 aromatic carbocycles. The quantitative estimate of drug-likeness (QED) is 0.297. The minimum absolute atomic E-state index is 0.0223. The third kappa shape index (κ3) is 5.08. The maximum atomic E-state index is 14.2. The number of carbonyl (C=O) groups excluding carboxylic acids is 1. The van der Waals surface area contributed by atoms with Gasteiger partial charge >= 0.3 is 5.97 Å². The minimum Gasteiger partial charge on any atom is -0.493 e. The standard InChI is InChI=1S/C31H27FN2O5S/c1-4-23-26(30(36)38-3)27(19-11-6-5-7-12-19)34-29(35)25(40-31(34)33-23)17-20-14-10-16-24(37-2)28(20)39-18-21-13-8-9-15-22(21)32/h5-17,27H,4,18H2,1-3H3/b25-17+/t27-/m1/s1. The van der Waals surface area contributed by atoms with Crippen molar-refractivity contribution in [1.29, 1.82) is 0 Å². The van der Waals surface area contributed by atoms with Crippen LogP contribution in [0.5, 0.6) is 11.5 Å². The number of allylic oxidation sites excluding steroid dienone is 1. The maximum absolute atomic E-state index is 14.2. The molecule has 0 saturated carbocycles. The summed E-state index contributed by atoms with van der Waals surface area (Å²) in [7, 11) is 2.84. The molecule has 40 heavy (non-hydrogen) atoms. The van der Waals surface area contributed by atoms with Crippen molar-refractivity contribution in [2.24, 2.45) is 4.99 Å². The van der Waals surface area contributed by atoms with E-state index < -0.39 is 12.0 Å². The Morgan fingerprint density at radius 3 is 2.50 bits per heavy atom. The highest BCUT2D eigenvalue weighted by atomic mass is 32.1. The molecule has 9 heteroatoms. The van der Waals surface area contributed by atoms with Crippen LogP contribution >= 0.6 is 11.3 Å². The molecule has 1 aromatic heterocycles. The average Bonchev–Trinajstić information content (AvgIpc) is 3.30. The van der Waals surface area contributed by atoms with Crippen LogP contribution in [0, 0.1) is 5.82 Å². The van der Waals surface area contributed by atoms with E-state index in [1.165, 1.54) is 36.2 Å². The van der Waals surface area contributed by atoms with E-state index in [0.717, 1.165) is 5.56 Å². The average molecular weight is 559 g/mol. The number of esters is 1. The molecule has 204 valence electrons. The summed E-state index contributed by atoms with van der Waals surface area (Å²) in [6.45, 7) is 1.89. The molecule has 0 fully saturated rings. The Labute approximate surface area is 234 Å². The number of benzene rings is 3. The zero-order valence-corrected chi connectivity index (χ0v) is 23.0. The second kappa shape index (κ2) is 11.7. The van der Waals surface area contributed by atoms with Gasteiger partial charge < -0.3 is 14.2 Å². The van der Waals surface area contributed by atoms with Crippen LogP contribution in [0.3, 0.4) is 0 Å². The molecule has 0 saturated heterocycles. The van der Waals surface area contributed by atoms with Crippen LogP contribution in [0.25, 0.3) is 6.08 Å². The molecule has 0 bridgehead atoms. The predicted octanol–water partition coefficient (Wildman–Crippen LogP) is 4.53. The molecule has 7 nitrogen and oxygen atoms in total. The number of nitrogens with zero attached hydrogens (tertiary/aromatic N) is 2. The van der Waals surface area contributed by atoms with Gasteiger partial charge in [0.25, 0.3) is 5.56 Å². The smallest absolute Gasteiger partial charge is 0.338 e. The number of thiazole rings is 1. The first-order valence-electron chi connectivity index (χ1n) is 12.7. The molecule has 4 aromatic rings. The van der Waals surface area contributed by atoms with Gasteiger partial charge in [0.15, 0.2) is 16.3 Å². The van der Waals surface area contributed by atoms with E-state index >= 15 is 0 Å². The molecular weight excluding hydrogens is 531 g/mol. The summed E-state index contributed by atoms with van der Waals surface area (Å²) in [5.74, 6) is -0.0777. The van der Waals surface area contributed by atoms with Crippen LogP contribution in [-0.4, -0.2) is 24.8 Å². The lowest BCUT2D eigenvalue weighted by Crippen LogP contribution is -2.40. The van der Waals surface area contributed by atoms with E-state index in [0.29, 0.717) is 49.7 Å². The fraction of sp³-hybridized carbons (Fsp3) is 0.194. The normalized spacial score (nSPS) is 14.9. The molecule has 5 rings (SSSR count). The van der Waals surface area contributed by atoms with Crippen molar-refractivity contribution >= 4 is 23.4 Å². The summed E-state index contributed by atoms with van der Waals surface area (Å²) in [6, 6.07) is 20.4. The van der Waals surface area contributed by atoms with Crippen LogP contribution in [0.15, 0.2) is 93.9 Å². The largest absolute Gasteiger partial charge is 0.493 e. The van der Waals surface area contributed by atoms with Crippen LogP contribution in [0.4, 0.5) is 4.39 Å². The van der Waals surface area contributed by atoms with Gasteiger partial charge in [0, 0.05) is 11.1 Å². The van der Waals surface area contributed by atoms with Crippen molar-refractivity contribution in [3.05, 3.63) is 126 Å². The van der Waals surface area contributed by atoms with Crippen molar-refractivity contribution in [2.45, 2.75) is 26.0 Å². The number of methoxy groups -OCH3 is 2. The Kier molecular flexibility index (Phi) is 7.93. The number of fused-ring (bicyclic) bond motifs is 1. The van der Waals surface area contributed by atoms with Crippen molar-refractivity contribution in [3.8, 4) is 11.5 Å². The Hall–Kier alpha value is -4.50. The monoisotopic (exact) mass is 558 g/mol. The molecule has 1 atom stereocenters. The lowest BCUT2D eigenvalue weighted by atomic mass is 9.95. The Bertz CT molecular complexity index is 1780. The number of hydrogen-bond acceptors (Lipinski definition) is 7. The van der Waals surface area contributed by atoms with E-state index in [2.05, 4.69) is 0 Å². The van der Waals surface area contributed by atoms with E-state index in [-0.39, 0.29) is 18.0 Å². The Morgan fingerprint density at radius 1 is 1.05 bits per heavy atom. The number of aromatic nitrogens is 1. The second-order valence-electron chi connectivity index (χ2n) is 8.96. The third-order valence-electron chi connectivity index (χ3n) is 6.61. The van der Waals surface area contributed by atoms with E-state index in [9.17, 15) is 14.0 Å². The lowest BCUT2D eigenvalue weighted by molar-refractivity contribution is -0.136. The fourth-order valence-electron chi connectivity index (χ4n) is 4.68. The summed E-state index contributed by atoms with van der Waals surface area (Å²) in [6.07, 6.45) is 2.20. The first-order chi connectivity index (χ1) is 19.5. The maximum Gasteiger partial charge on any atom is 0.338 e. The van der Waals surface area contributed by atoms with Crippen LogP contribution in [0.2, 0.25) is 0 Å². The zero-order chi connectivity index (χ0) is 28.2. The van der Waals surface area contributed by atoms with Crippen molar-refractivity contribution in [3.63, 3.8) is 0 Å². The highest BCUT2D eigenvalue weighted by molar-refractivity contribution is 7.07. The molecule has 0 spiro atoms. The van der Waals surface area contributed by atoms with Gasteiger partial charge in [-0.3, -0.25) is 9.36 Å². The van der Waals surface area contributed by atoms with Crippen LogP contribution < -0.4 is 24.4 Å². The molecule has 0 radical (unpaired) electrons. The molecule has 2 heterocycles. The van der Waals surface area contributed by atoms with Gasteiger partial charge in [0.05, 0.1) is 36.1 Å². The molecule has 1 aliphatic rings. The molecular formula is C31H27FN2O5S.